The van der Waals surface area contributed by atoms with E-state index >= 15 is 0 Å². The molecule has 1 aromatic rings. The van der Waals surface area contributed by atoms with Crippen LogP contribution in [0.15, 0.2) is 18.2 Å². The summed E-state index contributed by atoms with van der Waals surface area (Å²) >= 11 is 0. The molecule has 0 saturated heterocycles. The number of nitrogens with one attached hydrogen (secondary N) is 1. The zero-order valence-corrected chi connectivity index (χ0v) is 9.90. The van der Waals surface area contributed by atoms with Gasteiger partial charge in [0.2, 0.25) is 5.91 Å². The number of methoxy groups -OCH3 is 1. The van der Waals surface area contributed by atoms with Crippen LogP contribution >= 0.6 is 0 Å². The van der Waals surface area contributed by atoms with E-state index in [0.717, 1.165) is 25.7 Å². The zero-order chi connectivity index (χ0) is 12.3. The van der Waals surface area contributed by atoms with Gasteiger partial charge < -0.3 is 15.2 Å². The van der Waals surface area contributed by atoms with E-state index in [9.17, 15) is 9.90 Å². The predicted molar refractivity (Wildman–Crippen MR) is 65.2 cm³/mol. The number of anilines is 1. The van der Waals surface area contributed by atoms with E-state index in [1.54, 1.807) is 12.1 Å². The third-order valence-corrected chi connectivity index (χ3v) is 3.19. The van der Waals surface area contributed by atoms with Crippen LogP contribution < -0.4 is 10.1 Å². The van der Waals surface area contributed by atoms with Gasteiger partial charge in [-0.1, -0.05) is 12.8 Å². The molecule has 17 heavy (non-hydrogen) atoms. The van der Waals surface area contributed by atoms with E-state index in [1.807, 2.05) is 0 Å². The van der Waals surface area contributed by atoms with Gasteiger partial charge in [0.15, 0.2) is 0 Å². The summed E-state index contributed by atoms with van der Waals surface area (Å²) in [4.78, 5) is 11.9. The van der Waals surface area contributed by atoms with Gasteiger partial charge in [-0.05, 0) is 25.0 Å². The van der Waals surface area contributed by atoms with Gasteiger partial charge in [-0.2, -0.15) is 0 Å². The van der Waals surface area contributed by atoms with Crippen LogP contribution in [0.3, 0.4) is 0 Å². The molecule has 0 unspecified atom stereocenters. The van der Waals surface area contributed by atoms with Gasteiger partial charge in [0.1, 0.15) is 11.5 Å². The Morgan fingerprint density at radius 3 is 2.71 bits per heavy atom. The minimum Gasteiger partial charge on any atom is -0.506 e. The predicted octanol–water partition coefficient (Wildman–Crippen LogP) is 2.53. The molecule has 1 amide bonds. The molecular weight excluding hydrogens is 218 g/mol. The molecule has 92 valence electrons. The Kier molecular flexibility index (Phi) is 3.52. The molecule has 1 aromatic carbocycles. The molecule has 1 saturated carbocycles. The smallest absolute Gasteiger partial charge is 0.227 e. The summed E-state index contributed by atoms with van der Waals surface area (Å²) < 4.78 is 4.98. The van der Waals surface area contributed by atoms with Crippen LogP contribution in [-0.4, -0.2) is 18.1 Å². The van der Waals surface area contributed by atoms with Gasteiger partial charge >= 0.3 is 0 Å². The van der Waals surface area contributed by atoms with Crippen molar-refractivity contribution in [3.05, 3.63) is 18.2 Å². The third-order valence-electron chi connectivity index (χ3n) is 3.19. The van der Waals surface area contributed by atoms with Gasteiger partial charge in [0, 0.05) is 12.0 Å². The average molecular weight is 235 g/mol. The number of benzene rings is 1. The molecule has 0 radical (unpaired) electrons. The number of aromatic hydroxyl groups is 1. The first-order chi connectivity index (χ1) is 8.20. The van der Waals surface area contributed by atoms with E-state index in [4.69, 9.17) is 4.74 Å². The zero-order valence-electron chi connectivity index (χ0n) is 9.90. The highest BCUT2D eigenvalue weighted by molar-refractivity contribution is 5.94. The molecule has 4 heteroatoms. The number of phenols is 1. The molecule has 4 nitrogen and oxygen atoms in total. The molecule has 0 atom stereocenters. The summed E-state index contributed by atoms with van der Waals surface area (Å²) in [6, 6.07) is 4.86. The number of hydrogen-bond donors (Lipinski definition) is 2. The van der Waals surface area contributed by atoms with Gasteiger partial charge in [-0.25, -0.2) is 0 Å². The summed E-state index contributed by atoms with van der Waals surface area (Å²) in [6.07, 6.45) is 4.13. The number of ether oxygens (including phenoxy) is 1. The topological polar surface area (TPSA) is 58.6 Å². The molecule has 0 aromatic heterocycles. The Labute approximate surface area is 101 Å². The second-order valence-corrected chi connectivity index (χ2v) is 4.35. The van der Waals surface area contributed by atoms with Crippen molar-refractivity contribution in [3.8, 4) is 11.5 Å². The molecule has 0 heterocycles. The van der Waals surface area contributed by atoms with E-state index < -0.39 is 0 Å². The number of rotatable bonds is 3. The van der Waals surface area contributed by atoms with Crippen molar-refractivity contribution in [2.75, 3.05) is 12.4 Å². The van der Waals surface area contributed by atoms with Crippen LogP contribution in [0.25, 0.3) is 0 Å². The lowest BCUT2D eigenvalue weighted by Crippen LogP contribution is -2.20. The Morgan fingerprint density at radius 1 is 1.41 bits per heavy atom. The maximum Gasteiger partial charge on any atom is 0.227 e. The molecular formula is C13H17NO3. The minimum absolute atomic E-state index is 0.00275. The Morgan fingerprint density at radius 2 is 2.12 bits per heavy atom. The summed E-state index contributed by atoms with van der Waals surface area (Å²) in [5.74, 6) is 0.705. The molecule has 0 aliphatic heterocycles. The van der Waals surface area contributed by atoms with E-state index in [-0.39, 0.29) is 17.6 Å². The van der Waals surface area contributed by atoms with Crippen LogP contribution in [0, 0.1) is 5.92 Å². The van der Waals surface area contributed by atoms with Gasteiger partial charge in [0.05, 0.1) is 12.8 Å². The maximum atomic E-state index is 11.9. The fraction of sp³-hybridized carbons (Fsp3) is 0.462. The first kappa shape index (κ1) is 11.8. The molecule has 1 fully saturated rings. The number of phenolic OH excluding ortho intramolecular Hbond substituents is 1. The SMILES string of the molecule is COc1ccc(NC(=O)C2CCCC2)c(O)c1. The number of carbonyl (C=O) groups excluding carboxylic acids is 1. The van der Waals surface area contributed by atoms with Gasteiger partial charge in [-0.15, -0.1) is 0 Å². The molecule has 1 aliphatic carbocycles. The first-order valence-corrected chi connectivity index (χ1v) is 5.88. The van der Waals surface area contributed by atoms with E-state index in [2.05, 4.69) is 5.32 Å². The quantitative estimate of drug-likeness (QED) is 0.791. The van der Waals surface area contributed by atoms with Crippen LogP contribution in [0.1, 0.15) is 25.7 Å². The molecule has 1 aliphatic rings. The van der Waals surface area contributed by atoms with Crippen molar-refractivity contribution in [1.29, 1.82) is 0 Å². The fourth-order valence-corrected chi connectivity index (χ4v) is 2.17. The normalized spacial score (nSPS) is 15.8. The first-order valence-electron chi connectivity index (χ1n) is 5.88. The van der Waals surface area contributed by atoms with Crippen LogP contribution in [0.4, 0.5) is 5.69 Å². The van der Waals surface area contributed by atoms with Crippen molar-refractivity contribution in [3.63, 3.8) is 0 Å². The molecule has 0 spiro atoms. The summed E-state index contributed by atoms with van der Waals surface area (Å²) in [5, 5.41) is 12.5. The maximum absolute atomic E-state index is 11.9. The van der Waals surface area contributed by atoms with Crippen LogP contribution in [0.5, 0.6) is 11.5 Å². The Bertz CT molecular complexity index is 411. The van der Waals surface area contributed by atoms with Crippen molar-refractivity contribution in [2.45, 2.75) is 25.7 Å². The van der Waals surface area contributed by atoms with Crippen LogP contribution in [-0.2, 0) is 4.79 Å². The summed E-state index contributed by atoms with van der Waals surface area (Å²) in [7, 11) is 1.53. The lowest BCUT2D eigenvalue weighted by molar-refractivity contribution is -0.119. The van der Waals surface area contributed by atoms with E-state index in [1.165, 1.54) is 13.2 Å². The average Bonchev–Trinajstić information content (AvgIpc) is 2.85. The summed E-state index contributed by atoms with van der Waals surface area (Å²) in [5.41, 5.74) is 0.447. The highest BCUT2D eigenvalue weighted by atomic mass is 16.5. The van der Waals surface area contributed by atoms with E-state index in [0.29, 0.717) is 11.4 Å². The largest absolute Gasteiger partial charge is 0.506 e. The lowest BCUT2D eigenvalue weighted by Gasteiger charge is -2.12. The van der Waals surface area contributed by atoms with Crippen molar-refractivity contribution in [2.24, 2.45) is 5.92 Å². The second-order valence-electron chi connectivity index (χ2n) is 4.35. The number of amides is 1. The lowest BCUT2D eigenvalue weighted by atomic mass is 10.1. The molecule has 2 N–H and O–H groups in total. The third kappa shape index (κ3) is 2.70. The molecule has 2 rings (SSSR count). The van der Waals surface area contributed by atoms with Gasteiger partial charge in [-0.3, -0.25) is 4.79 Å². The van der Waals surface area contributed by atoms with Crippen molar-refractivity contribution >= 4 is 11.6 Å². The standard InChI is InChI=1S/C13H17NO3/c1-17-10-6-7-11(12(15)8-10)14-13(16)9-4-2-3-5-9/h6-9,15H,2-5H2,1H3,(H,14,16). The van der Waals surface area contributed by atoms with Crippen molar-refractivity contribution < 1.29 is 14.6 Å². The highest BCUT2D eigenvalue weighted by Gasteiger charge is 2.23. The van der Waals surface area contributed by atoms with Gasteiger partial charge in [0.25, 0.3) is 0 Å². The number of carbonyl (C=O) groups is 1. The second kappa shape index (κ2) is 5.08. The van der Waals surface area contributed by atoms with Crippen LogP contribution in [0.2, 0.25) is 0 Å². The minimum atomic E-state index is 0.00275. The monoisotopic (exact) mass is 235 g/mol. The molecule has 0 bridgehead atoms. The number of hydrogen-bond acceptors (Lipinski definition) is 3. The summed E-state index contributed by atoms with van der Waals surface area (Å²) in [6.45, 7) is 0. The Balaban J connectivity index is 2.05. The van der Waals surface area contributed by atoms with Crippen molar-refractivity contribution in [1.82, 2.24) is 0 Å². The highest BCUT2D eigenvalue weighted by Crippen LogP contribution is 2.30. The Hall–Kier alpha value is -1.71. The fourth-order valence-electron chi connectivity index (χ4n) is 2.17.